The molecule has 1 saturated carbocycles. The highest BCUT2D eigenvalue weighted by molar-refractivity contribution is 5.80. The van der Waals surface area contributed by atoms with Gasteiger partial charge in [-0.1, -0.05) is 20.8 Å². The van der Waals surface area contributed by atoms with Crippen LogP contribution in [0.2, 0.25) is 0 Å². The SMILES string of the molecule is CC(C)(C)[C@@H]1CCC(=O)C1. The summed E-state index contributed by atoms with van der Waals surface area (Å²) >= 11 is 0. The van der Waals surface area contributed by atoms with Gasteiger partial charge >= 0.3 is 0 Å². The van der Waals surface area contributed by atoms with Crippen molar-refractivity contribution in [3.63, 3.8) is 0 Å². The Hall–Kier alpha value is -0.330. The van der Waals surface area contributed by atoms with Gasteiger partial charge < -0.3 is 0 Å². The van der Waals surface area contributed by atoms with Crippen molar-refractivity contribution in [1.29, 1.82) is 0 Å². The highest BCUT2D eigenvalue weighted by Crippen LogP contribution is 2.37. The zero-order chi connectivity index (χ0) is 7.78. The number of hydrogen-bond acceptors (Lipinski definition) is 1. The van der Waals surface area contributed by atoms with Crippen LogP contribution >= 0.6 is 0 Å². The normalized spacial score (nSPS) is 27.5. The van der Waals surface area contributed by atoms with Crippen LogP contribution in [-0.4, -0.2) is 5.78 Å². The summed E-state index contributed by atoms with van der Waals surface area (Å²) in [5.41, 5.74) is 0.339. The van der Waals surface area contributed by atoms with Crippen molar-refractivity contribution in [2.24, 2.45) is 11.3 Å². The molecule has 1 heteroatoms. The zero-order valence-corrected chi connectivity index (χ0v) is 7.11. The van der Waals surface area contributed by atoms with Crippen LogP contribution in [0.5, 0.6) is 0 Å². The Balaban J connectivity index is 2.53. The number of carbonyl (C=O) groups is 1. The molecule has 1 nitrogen and oxygen atoms in total. The molecule has 1 aliphatic rings. The highest BCUT2D eigenvalue weighted by atomic mass is 16.1. The Morgan fingerprint density at radius 2 is 2.00 bits per heavy atom. The molecule has 1 fully saturated rings. The molecule has 0 N–H and O–H groups in total. The van der Waals surface area contributed by atoms with Crippen LogP contribution in [0.25, 0.3) is 0 Å². The van der Waals surface area contributed by atoms with Crippen LogP contribution in [0.15, 0.2) is 0 Å². The van der Waals surface area contributed by atoms with Crippen LogP contribution in [0.1, 0.15) is 40.0 Å². The molecule has 0 radical (unpaired) electrons. The summed E-state index contributed by atoms with van der Waals surface area (Å²) in [6.07, 6.45) is 2.76. The minimum Gasteiger partial charge on any atom is -0.300 e. The van der Waals surface area contributed by atoms with E-state index in [1.165, 1.54) is 0 Å². The predicted octanol–water partition coefficient (Wildman–Crippen LogP) is 2.40. The number of ketones is 1. The lowest BCUT2D eigenvalue weighted by Crippen LogP contribution is -2.17. The topological polar surface area (TPSA) is 17.1 Å². The third-order valence-electron chi connectivity index (χ3n) is 2.47. The maximum atomic E-state index is 10.9. The Morgan fingerprint density at radius 3 is 2.20 bits per heavy atom. The Bertz CT molecular complexity index is 141. The molecule has 0 saturated heterocycles. The quantitative estimate of drug-likeness (QED) is 0.505. The number of rotatable bonds is 0. The minimum absolute atomic E-state index is 0.339. The number of carbonyl (C=O) groups excluding carboxylic acids is 1. The van der Waals surface area contributed by atoms with Crippen molar-refractivity contribution in [1.82, 2.24) is 0 Å². The first-order chi connectivity index (χ1) is 4.50. The maximum absolute atomic E-state index is 10.9. The smallest absolute Gasteiger partial charge is 0.133 e. The van der Waals surface area contributed by atoms with E-state index in [0.29, 0.717) is 17.1 Å². The molecular formula is C9H16O. The second kappa shape index (κ2) is 2.37. The van der Waals surface area contributed by atoms with Gasteiger partial charge in [0.2, 0.25) is 0 Å². The second-order valence-corrected chi connectivity index (χ2v) is 4.34. The van der Waals surface area contributed by atoms with Crippen LogP contribution in [0.4, 0.5) is 0 Å². The van der Waals surface area contributed by atoms with Gasteiger partial charge in [0.15, 0.2) is 0 Å². The lowest BCUT2D eigenvalue weighted by Gasteiger charge is -2.25. The lowest BCUT2D eigenvalue weighted by molar-refractivity contribution is -0.117. The van der Waals surface area contributed by atoms with E-state index in [0.717, 1.165) is 19.3 Å². The number of Topliss-reactive ketones (excluding diaryl/α,β-unsaturated/α-hetero) is 1. The van der Waals surface area contributed by atoms with Crippen molar-refractivity contribution in [2.45, 2.75) is 40.0 Å². The van der Waals surface area contributed by atoms with Crippen molar-refractivity contribution in [3.8, 4) is 0 Å². The summed E-state index contributed by atoms with van der Waals surface area (Å²) in [6, 6.07) is 0. The molecule has 0 aliphatic heterocycles. The number of hydrogen-bond donors (Lipinski definition) is 0. The largest absolute Gasteiger partial charge is 0.300 e. The van der Waals surface area contributed by atoms with E-state index in [1.807, 2.05) is 0 Å². The first-order valence-corrected chi connectivity index (χ1v) is 4.02. The van der Waals surface area contributed by atoms with E-state index in [2.05, 4.69) is 20.8 Å². The maximum Gasteiger partial charge on any atom is 0.133 e. The standard InChI is InChI=1S/C9H16O/c1-9(2,3)7-4-5-8(10)6-7/h7H,4-6H2,1-3H3/t7-/m1/s1. The fraction of sp³-hybridized carbons (Fsp3) is 0.889. The van der Waals surface area contributed by atoms with Gasteiger partial charge in [0, 0.05) is 12.8 Å². The van der Waals surface area contributed by atoms with Gasteiger partial charge in [0.25, 0.3) is 0 Å². The molecule has 0 bridgehead atoms. The van der Waals surface area contributed by atoms with E-state index in [1.54, 1.807) is 0 Å². The Morgan fingerprint density at radius 1 is 1.40 bits per heavy atom. The zero-order valence-electron chi connectivity index (χ0n) is 7.11. The van der Waals surface area contributed by atoms with Gasteiger partial charge in [-0.2, -0.15) is 0 Å². The molecule has 0 heterocycles. The van der Waals surface area contributed by atoms with Crippen LogP contribution in [-0.2, 0) is 4.79 Å². The van der Waals surface area contributed by atoms with Gasteiger partial charge in [-0.3, -0.25) is 4.79 Å². The fourth-order valence-corrected chi connectivity index (χ4v) is 1.55. The second-order valence-electron chi connectivity index (χ2n) is 4.34. The van der Waals surface area contributed by atoms with Gasteiger partial charge in [-0.15, -0.1) is 0 Å². The van der Waals surface area contributed by atoms with E-state index < -0.39 is 0 Å². The summed E-state index contributed by atoms with van der Waals surface area (Å²) in [4.78, 5) is 10.9. The monoisotopic (exact) mass is 140 g/mol. The van der Waals surface area contributed by atoms with Crippen LogP contribution in [0.3, 0.4) is 0 Å². The fourth-order valence-electron chi connectivity index (χ4n) is 1.55. The van der Waals surface area contributed by atoms with Crippen molar-refractivity contribution < 1.29 is 4.79 Å². The summed E-state index contributed by atoms with van der Waals surface area (Å²) in [5.74, 6) is 1.10. The molecule has 0 aromatic heterocycles. The minimum atomic E-state index is 0.339. The third-order valence-corrected chi connectivity index (χ3v) is 2.47. The third kappa shape index (κ3) is 1.59. The van der Waals surface area contributed by atoms with Gasteiger partial charge in [0.05, 0.1) is 0 Å². The highest BCUT2D eigenvalue weighted by Gasteiger charge is 2.31. The summed E-state index contributed by atoms with van der Waals surface area (Å²) in [5, 5.41) is 0. The van der Waals surface area contributed by atoms with E-state index in [4.69, 9.17) is 0 Å². The first kappa shape index (κ1) is 7.77. The Kier molecular flexibility index (Phi) is 1.84. The van der Waals surface area contributed by atoms with Crippen molar-refractivity contribution in [2.75, 3.05) is 0 Å². The van der Waals surface area contributed by atoms with Crippen LogP contribution < -0.4 is 0 Å². The average molecular weight is 140 g/mol. The van der Waals surface area contributed by atoms with Gasteiger partial charge in [-0.05, 0) is 17.8 Å². The summed E-state index contributed by atoms with van der Waals surface area (Å²) < 4.78 is 0. The molecule has 10 heavy (non-hydrogen) atoms. The molecule has 0 spiro atoms. The molecular weight excluding hydrogens is 124 g/mol. The predicted molar refractivity (Wildman–Crippen MR) is 41.8 cm³/mol. The van der Waals surface area contributed by atoms with Crippen molar-refractivity contribution in [3.05, 3.63) is 0 Å². The Labute approximate surface area is 62.8 Å². The van der Waals surface area contributed by atoms with E-state index in [9.17, 15) is 4.79 Å². The molecule has 0 amide bonds. The van der Waals surface area contributed by atoms with E-state index in [-0.39, 0.29) is 0 Å². The average Bonchev–Trinajstić information content (AvgIpc) is 2.11. The molecule has 0 unspecified atom stereocenters. The molecule has 1 rings (SSSR count). The van der Waals surface area contributed by atoms with E-state index >= 15 is 0 Å². The summed E-state index contributed by atoms with van der Waals surface area (Å²) in [6.45, 7) is 6.66. The summed E-state index contributed by atoms with van der Waals surface area (Å²) in [7, 11) is 0. The van der Waals surface area contributed by atoms with Crippen LogP contribution in [0, 0.1) is 11.3 Å². The molecule has 58 valence electrons. The van der Waals surface area contributed by atoms with Gasteiger partial charge in [-0.25, -0.2) is 0 Å². The van der Waals surface area contributed by atoms with Gasteiger partial charge in [0.1, 0.15) is 5.78 Å². The molecule has 1 atom stereocenters. The first-order valence-electron chi connectivity index (χ1n) is 4.02. The lowest BCUT2D eigenvalue weighted by atomic mass is 9.80. The molecule has 1 aliphatic carbocycles. The molecule has 0 aromatic rings. The molecule has 0 aromatic carbocycles. The van der Waals surface area contributed by atoms with Crippen molar-refractivity contribution >= 4 is 5.78 Å².